The molecule has 0 amide bonds. The summed E-state index contributed by atoms with van der Waals surface area (Å²) < 4.78 is 0. The van der Waals surface area contributed by atoms with Crippen molar-refractivity contribution in [1.82, 2.24) is 10.2 Å². The Kier molecular flexibility index (Phi) is 6.62. The maximum atomic E-state index is 10.1. The van der Waals surface area contributed by atoms with E-state index in [1.54, 1.807) is 0 Å². The minimum Gasteiger partial charge on any atom is -0.390 e. The van der Waals surface area contributed by atoms with E-state index in [1.807, 2.05) is 0 Å². The Morgan fingerprint density at radius 3 is 2.32 bits per heavy atom. The molecule has 112 valence electrons. The van der Waals surface area contributed by atoms with E-state index < -0.39 is 0 Å². The molecule has 2 atom stereocenters. The minimum atomic E-state index is -0.202. The van der Waals surface area contributed by atoms with Crippen LogP contribution in [0.4, 0.5) is 0 Å². The van der Waals surface area contributed by atoms with Crippen LogP contribution in [0.3, 0.4) is 0 Å². The summed E-state index contributed by atoms with van der Waals surface area (Å²) in [6.07, 6.45) is 10.8. The number of aliphatic hydroxyl groups is 1. The van der Waals surface area contributed by atoms with Crippen molar-refractivity contribution in [2.24, 2.45) is 5.92 Å². The van der Waals surface area contributed by atoms with Crippen molar-refractivity contribution in [1.29, 1.82) is 0 Å². The first-order valence-electron chi connectivity index (χ1n) is 8.39. The summed E-state index contributed by atoms with van der Waals surface area (Å²) in [5.74, 6) is 0.821. The van der Waals surface area contributed by atoms with E-state index in [1.165, 1.54) is 64.5 Å². The third-order valence-electron chi connectivity index (χ3n) is 4.95. The van der Waals surface area contributed by atoms with Gasteiger partial charge in [-0.15, -0.1) is 0 Å². The highest BCUT2D eigenvalue weighted by Gasteiger charge is 2.20. The van der Waals surface area contributed by atoms with Gasteiger partial charge >= 0.3 is 0 Å². The first-order chi connectivity index (χ1) is 9.25. The molecule has 2 N–H and O–H groups in total. The highest BCUT2D eigenvalue weighted by atomic mass is 16.3. The van der Waals surface area contributed by atoms with Crippen LogP contribution in [0.25, 0.3) is 0 Å². The molecular weight excluding hydrogens is 236 g/mol. The SMILES string of the molecule is C[C@H](NCC(O)CN1CCCC1)C1CCCCCC1. The van der Waals surface area contributed by atoms with Gasteiger partial charge in [0.1, 0.15) is 0 Å². The molecule has 0 aromatic rings. The molecule has 1 saturated heterocycles. The fraction of sp³-hybridized carbons (Fsp3) is 1.00. The standard InChI is InChI=1S/C16H32N2O/c1-14(15-8-4-2-3-5-9-15)17-12-16(19)13-18-10-6-7-11-18/h14-17,19H,2-13H2,1H3/t14-,16?/m0/s1. The molecule has 0 aromatic carbocycles. The van der Waals surface area contributed by atoms with Gasteiger partial charge in [-0.1, -0.05) is 25.7 Å². The van der Waals surface area contributed by atoms with E-state index in [0.29, 0.717) is 6.04 Å². The number of aliphatic hydroxyl groups excluding tert-OH is 1. The zero-order valence-electron chi connectivity index (χ0n) is 12.6. The molecule has 0 bridgehead atoms. The summed E-state index contributed by atoms with van der Waals surface area (Å²) in [5, 5.41) is 13.7. The van der Waals surface area contributed by atoms with E-state index in [9.17, 15) is 5.11 Å². The molecule has 1 saturated carbocycles. The summed E-state index contributed by atoms with van der Waals surface area (Å²) in [7, 11) is 0. The number of nitrogens with zero attached hydrogens (tertiary/aromatic N) is 1. The van der Waals surface area contributed by atoms with Gasteiger partial charge in [-0.2, -0.15) is 0 Å². The lowest BCUT2D eigenvalue weighted by Gasteiger charge is -2.26. The Morgan fingerprint density at radius 2 is 1.68 bits per heavy atom. The maximum absolute atomic E-state index is 10.1. The molecule has 2 fully saturated rings. The second-order valence-electron chi connectivity index (χ2n) is 6.61. The van der Waals surface area contributed by atoms with Crippen LogP contribution in [0.15, 0.2) is 0 Å². The monoisotopic (exact) mass is 268 g/mol. The molecule has 0 aromatic heterocycles. The molecule has 0 spiro atoms. The molecule has 1 heterocycles. The summed E-state index contributed by atoms with van der Waals surface area (Å²) in [4.78, 5) is 2.39. The first kappa shape index (κ1) is 15.3. The lowest BCUT2D eigenvalue weighted by Crippen LogP contribution is -2.42. The van der Waals surface area contributed by atoms with Crippen LogP contribution in [0, 0.1) is 5.92 Å². The predicted octanol–water partition coefficient (Wildman–Crippen LogP) is 2.39. The zero-order chi connectivity index (χ0) is 13.5. The van der Waals surface area contributed by atoms with Crippen LogP contribution in [0.5, 0.6) is 0 Å². The summed E-state index contributed by atoms with van der Waals surface area (Å²) in [6.45, 7) is 6.27. The Balaban J connectivity index is 1.62. The average molecular weight is 268 g/mol. The fourth-order valence-electron chi connectivity index (χ4n) is 3.63. The Morgan fingerprint density at radius 1 is 1.05 bits per heavy atom. The number of hydrogen-bond donors (Lipinski definition) is 2. The van der Waals surface area contributed by atoms with Crippen molar-refractivity contribution in [2.45, 2.75) is 70.4 Å². The van der Waals surface area contributed by atoms with Gasteiger partial charge in [-0.05, 0) is 51.6 Å². The van der Waals surface area contributed by atoms with E-state index in [4.69, 9.17) is 0 Å². The van der Waals surface area contributed by atoms with Crippen LogP contribution in [-0.4, -0.2) is 48.3 Å². The van der Waals surface area contributed by atoms with Crippen molar-refractivity contribution in [3.8, 4) is 0 Å². The van der Waals surface area contributed by atoms with Crippen molar-refractivity contribution in [2.75, 3.05) is 26.2 Å². The zero-order valence-corrected chi connectivity index (χ0v) is 12.6. The highest BCUT2D eigenvalue weighted by molar-refractivity contribution is 4.77. The number of likely N-dealkylation sites (tertiary alicyclic amines) is 1. The van der Waals surface area contributed by atoms with Gasteiger partial charge in [0.05, 0.1) is 6.10 Å². The van der Waals surface area contributed by atoms with Gasteiger partial charge < -0.3 is 15.3 Å². The number of β-amino-alcohol motifs (C(OH)–C–C–N with tert-alkyl or cyclic N) is 1. The van der Waals surface area contributed by atoms with Crippen LogP contribution in [0.2, 0.25) is 0 Å². The Labute approximate surface area is 118 Å². The topological polar surface area (TPSA) is 35.5 Å². The van der Waals surface area contributed by atoms with Crippen LogP contribution in [0.1, 0.15) is 58.3 Å². The van der Waals surface area contributed by atoms with Gasteiger partial charge in [0.2, 0.25) is 0 Å². The Hall–Kier alpha value is -0.120. The summed E-state index contributed by atoms with van der Waals surface area (Å²) in [5.41, 5.74) is 0. The molecule has 2 aliphatic rings. The first-order valence-corrected chi connectivity index (χ1v) is 8.39. The molecule has 1 aliphatic carbocycles. The van der Waals surface area contributed by atoms with Crippen molar-refractivity contribution in [3.63, 3.8) is 0 Å². The largest absolute Gasteiger partial charge is 0.390 e. The predicted molar refractivity (Wildman–Crippen MR) is 80.3 cm³/mol. The Bertz CT molecular complexity index is 233. The van der Waals surface area contributed by atoms with Crippen molar-refractivity contribution >= 4 is 0 Å². The van der Waals surface area contributed by atoms with E-state index in [-0.39, 0.29) is 6.10 Å². The lowest BCUT2D eigenvalue weighted by atomic mass is 9.93. The molecule has 0 radical (unpaired) electrons. The maximum Gasteiger partial charge on any atom is 0.0791 e. The van der Waals surface area contributed by atoms with Gasteiger partial charge in [-0.3, -0.25) is 0 Å². The van der Waals surface area contributed by atoms with Crippen LogP contribution < -0.4 is 5.32 Å². The lowest BCUT2D eigenvalue weighted by molar-refractivity contribution is 0.117. The van der Waals surface area contributed by atoms with E-state index in [2.05, 4.69) is 17.1 Å². The highest BCUT2D eigenvalue weighted by Crippen LogP contribution is 2.25. The number of rotatable bonds is 6. The minimum absolute atomic E-state index is 0.202. The van der Waals surface area contributed by atoms with Crippen LogP contribution >= 0.6 is 0 Å². The fourth-order valence-corrected chi connectivity index (χ4v) is 3.63. The normalized spacial score (nSPS) is 26.2. The third-order valence-corrected chi connectivity index (χ3v) is 4.95. The smallest absolute Gasteiger partial charge is 0.0791 e. The molecule has 2 rings (SSSR count). The van der Waals surface area contributed by atoms with Gasteiger partial charge in [-0.25, -0.2) is 0 Å². The molecular formula is C16H32N2O. The molecule has 19 heavy (non-hydrogen) atoms. The quantitative estimate of drug-likeness (QED) is 0.726. The number of hydrogen-bond acceptors (Lipinski definition) is 3. The van der Waals surface area contributed by atoms with E-state index in [0.717, 1.165) is 19.0 Å². The summed E-state index contributed by atoms with van der Waals surface area (Å²) >= 11 is 0. The van der Waals surface area contributed by atoms with Crippen molar-refractivity contribution in [3.05, 3.63) is 0 Å². The number of nitrogens with one attached hydrogen (secondary N) is 1. The van der Waals surface area contributed by atoms with Gasteiger partial charge in [0, 0.05) is 19.1 Å². The molecule has 3 heteroatoms. The van der Waals surface area contributed by atoms with Gasteiger partial charge in [0.25, 0.3) is 0 Å². The third kappa shape index (κ3) is 5.41. The summed E-state index contributed by atoms with van der Waals surface area (Å²) in [6, 6.07) is 0.561. The second kappa shape index (κ2) is 8.23. The molecule has 3 nitrogen and oxygen atoms in total. The molecule has 1 unspecified atom stereocenters. The van der Waals surface area contributed by atoms with Gasteiger partial charge in [0.15, 0.2) is 0 Å². The van der Waals surface area contributed by atoms with E-state index >= 15 is 0 Å². The van der Waals surface area contributed by atoms with Crippen molar-refractivity contribution < 1.29 is 5.11 Å². The average Bonchev–Trinajstić information content (AvgIpc) is 2.76. The van der Waals surface area contributed by atoms with Crippen LogP contribution in [-0.2, 0) is 0 Å². The second-order valence-corrected chi connectivity index (χ2v) is 6.61. The molecule has 1 aliphatic heterocycles.